The Hall–Kier alpha value is -1.80. The number of rotatable bonds is 8. The molecule has 0 bridgehead atoms. The second kappa shape index (κ2) is 8.73. The summed E-state index contributed by atoms with van der Waals surface area (Å²) in [6, 6.07) is 7.41. The van der Waals surface area contributed by atoms with Crippen molar-refractivity contribution in [3.8, 4) is 5.75 Å². The van der Waals surface area contributed by atoms with Gasteiger partial charge < -0.3 is 15.4 Å². The van der Waals surface area contributed by atoms with Crippen LogP contribution in [0.25, 0.3) is 0 Å². The van der Waals surface area contributed by atoms with E-state index in [1.54, 1.807) is 0 Å². The lowest BCUT2D eigenvalue weighted by Gasteiger charge is -2.13. The van der Waals surface area contributed by atoms with Gasteiger partial charge in [0.15, 0.2) is 4.34 Å². The van der Waals surface area contributed by atoms with Gasteiger partial charge in [0.25, 0.3) is 0 Å². The van der Waals surface area contributed by atoms with Gasteiger partial charge in [-0.2, -0.15) is 0 Å². The number of amides is 1. The Labute approximate surface area is 144 Å². The van der Waals surface area contributed by atoms with Crippen LogP contribution in [-0.4, -0.2) is 34.5 Å². The molecule has 0 aliphatic carbocycles. The molecule has 124 valence electrons. The van der Waals surface area contributed by atoms with Gasteiger partial charge in [0, 0.05) is 6.54 Å². The van der Waals surface area contributed by atoms with Crippen molar-refractivity contribution in [1.29, 1.82) is 0 Å². The van der Waals surface area contributed by atoms with Gasteiger partial charge in [0.05, 0.1) is 17.5 Å². The summed E-state index contributed by atoms with van der Waals surface area (Å²) in [6.07, 6.45) is 0. The quantitative estimate of drug-likeness (QED) is 0.708. The number of hydrogen-bond donors (Lipinski definition) is 2. The summed E-state index contributed by atoms with van der Waals surface area (Å²) >= 11 is 2.83. The fourth-order valence-corrected chi connectivity index (χ4v) is 3.73. The first-order valence-electron chi connectivity index (χ1n) is 7.40. The standard InChI is InChI=1S/C15H20N4O2S2/c1-4-16-14-18-19-15(23-14)22-10(3)13(20)17-11-8-6-7-9-12(11)21-5-2/h6-10H,4-5H2,1-3H3,(H,16,18)(H,17,20)/t10-/m1/s1. The van der Waals surface area contributed by atoms with Crippen LogP contribution in [0.15, 0.2) is 28.6 Å². The molecule has 0 fully saturated rings. The third-order valence-corrected chi connectivity index (χ3v) is 4.89. The van der Waals surface area contributed by atoms with Crippen molar-refractivity contribution in [3.05, 3.63) is 24.3 Å². The van der Waals surface area contributed by atoms with Gasteiger partial charge in [-0.1, -0.05) is 35.2 Å². The summed E-state index contributed by atoms with van der Waals surface area (Å²) in [4.78, 5) is 12.4. The molecular formula is C15H20N4O2S2. The minimum absolute atomic E-state index is 0.0950. The topological polar surface area (TPSA) is 76.1 Å². The lowest BCUT2D eigenvalue weighted by molar-refractivity contribution is -0.115. The highest BCUT2D eigenvalue weighted by molar-refractivity contribution is 8.02. The summed E-state index contributed by atoms with van der Waals surface area (Å²) in [6.45, 7) is 7.10. The van der Waals surface area contributed by atoms with Gasteiger partial charge in [-0.3, -0.25) is 4.79 Å². The maximum atomic E-state index is 12.4. The molecule has 8 heteroatoms. The molecule has 1 heterocycles. The molecule has 1 amide bonds. The number of aromatic nitrogens is 2. The Bertz CT molecular complexity index is 648. The molecule has 0 aliphatic rings. The van der Waals surface area contributed by atoms with E-state index < -0.39 is 0 Å². The first-order valence-corrected chi connectivity index (χ1v) is 9.10. The third-order valence-electron chi connectivity index (χ3n) is 2.83. The van der Waals surface area contributed by atoms with Crippen LogP contribution in [0.2, 0.25) is 0 Å². The second-order valence-electron chi connectivity index (χ2n) is 4.58. The predicted molar refractivity (Wildman–Crippen MR) is 95.6 cm³/mol. The maximum absolute atomic E-state index is 12.4. The summed E-state index contributed by atoms with van der Waals surface area (Å²) in [7, 11) is 0. The molecule has 1 aromatic carbocycles. The van der Waals surface area contributed by atoms with E-state index in [0.717, 1.165) is 16.0 Å². The number of thioether (sulfide) groups is 1. The largest absolute Gasteiger partial charge is 0.492 e. The molecule has 0 radical (unpaired) electrons. The highest BCUT2D eigenvalue weighted by atomic mass is 32.2. The molecule has 2 rings (SSSR count). The number of anilines is 2. The van der Waals surface area contributed by atoms with Crippen molar-refractivity contribution >= 4 is 39.8 Å². The van der Waals surface area contributed by atoms with Crippen molar-refractivity contribution in [3.63, 3.8) is 0 Å². The van der Waals surface area contributed by atoms with Crippen LogP contribution in [0.3, 0.4) is 0 Å². The van der Waals surface area contributed by atoms with E-state index in [0.29, 0.717) is 18.0 Å². The van der Waals surface area contributed by atoms with Gasteiger partial charge in [-0.05, 0) is 32.9 Å². The molecule has 0 unspecified atom stereocenters. The molecule has 0 saturated heterocycles. The number of ether oxygens (including phenoxy) is 1. The number of nitrogens with zero attached hydrogens (tertiary/aromatic N) is 2. The van der Waals surface area contributed by atoms with Crippen molar-refractivity contribution < 1.29 is 9.53 Å². The molecule has 23 heavy (non-hydrogen) atoms. The second-order valence-corrected chi connectivity index (χ2v) is 7.15. The highest BCUT2D eigenvalue weighted by Gasteiger charge is 2.18. The van der Waals surface area contributed by atoms with E-state index in [9.17, 15) is 4.79 Å². The first kappa shape index (κ1) is 17.6. The molecule has 0 saturated carbocycles. The van der Waals surface area contributed by atoms with Crippen LogP contribution < -0.4 is 15.4 Å². The van der Waals surface area contributed by atoms with Crippen molar-refractivity contribution in [2.45, 2.75) is 30.4 Å². The van der Waals surface area contributed by atoms with Crippen LogP contribution >= 0.6 is 23.1 Å². The van der Waals surface area contributed by atoms with Crippen molar-refractivity contribution in [2.75, 3.05) is 23.8 Å². The first-order chi connectivity index (χ1) is 11.1. The molecule has 1 aromatic heterocycles. The molecule has 6 nitrogen and oxygen atoms in total. The van der Waals surface area contributed by atoms with Crippen LogP contribution in [0, 0.1) is 0 Å². The van der Waals surface area contributed by atoms with E-state index in [1.165, 1.54) is 23.1 Å². The molecular weight excluding hydrogens is 332 g/mol. The van der Waals surface area contributed by atoms with E-state index >= 15 is 0 Å². The lowest BCUT2D eigenvalue weighted by atomic mass is 10.3. The average molecular weight is 352 g/mol. The maximum Gasteiger partial charge on any atom is 0.237 e. The minimum atomic E-state index is -0.285. The van der Waals surface area contributed by atoms with Crippen molar-refractivity contribution in [2.24, 2.45) is 0 Å². The van der Waals surface area contributed by atoms with Crippen LogP contribution in [0.4, 0.5) is 10.8 Å². The number of carbonyl (C=O) groups is 1. The molecule has 1 atom stereocenters. The fourth-order valence-electron chi connectivity index (χ4n) is 1.77. The zero-order valence-corrected chi connectivity index (χ0v) is 15.0. The van der Waals surface area contributed by atoms with Gasteiger partial charge in [-0.15, -0.1) is 10.2 Å². The molecule has 0 aliphatic heterocycles. The van der Waals surface area contributed by atoms with E-state index in [2.05, 4.69) is 20.8 Å². The van der Waals surface area contributed by atoms with E-state index in [1.807, 2.05) is 45.0 Å². The number of benzene rings is 1. The summed E-state index contributed by atoms with van der Waals surface area (Å²) in [5, 5.41) is 14.6. The molecule has 2 N–H and O–H groups in total. The fraction of sp³-hybridized carbons (Fsp3) is 0.400. The summed E-state index contributed by atoms with van der Waals surface area (Å²) in [5.41, 5.74) is 0.678. The van der Waals surface area contributed by atoms with Crippen LogP contribution in [0.5, 0.6) is 5.75 Å². The predicted octanol–water partition coefficient (Wildman–Crippen LogP) is 3.49. The zero-order chi connectivity index (χ0) is 16.7. The van der Waals surface area contributed by atoms with E-state index in [-0.39, 0.29) is 11.2 Å². The Morgan fingerprint density at radius 2 is 2.13 bits per heavy atom. The Morgan fingerprint density at radius 3 is 2.87 bits per heavy atom. The Balaban J connectivity index is 1.97. The van der Waals surface area contributed by atoms with Crippen LogP contribution in [0.1, 0.15) is 20.8 Å². The van der Waals surface area contributed by atoms with Gasteiger partial charge in [0.2, 0.25) is 11.0 Å². The smallest absolute Gasteiger partial charge is 0.237 e. The third kappa shape index (κ3) is 5.11. The Kier molecular flexibility index (Phi) is 6.66. The monoisotopic (exact) mass is 352 g/mol. The van der Waals surface area contributed by atoms with E-state index in [4.69, 9.17) is 4.74 Å². The highest BCUT2D eigenvalue weighted by Crippen LogP contribution is 2.30. The van der Waals surface area contributed by atoms with Gasteiger partial charge in [0.1, 0.15) is 5.75 Å². The minimum Gasteiger partial charge on any atom is -0.492 e. The zero-order valence-electron chi connectivity index (χ0n) is 13.3. The van der Waals surface area contributed by atoms with Gasteiger partial charge in [-0.25, -0.2) is 0 Å². The van der Waals surface area contributed by atoms with Gasteiger partial charge >= 0.3 is 0 Å². The Morgan fingerprint density at radius 1 is 1.35 bits per heavy atom. The van der Waals surface area contributed by atoms with Crippen molar-refractivity contribution in [1.82, 2.24) is 10.2 Å². The SMILES string of the molecule is CCNc1nnc(S[C@H](C)C(=O)Nc2ccccc2OCC)s1. The summed E-state index contributed by atoms with van der Waals surface area (Å²) < 4.78 is 6.28. The molecule has 2 aromatic rings. The number of para-hydroxylation sites is 2. The number of hydrogen-bond acceptors (Lipinski definition) is 7. The normalized spacial score (nSPS) is 11.8. The average Bonchev–Trinajstić information content (AvgIpc) is 2.97. The lowest BCUT2D eigenvalue weighted by Crippen LogP contribution is -2.22. The van der Waals surface area contributed by atoms with Crippen LogP contribution in [-0.2, 0) is 4.79 Å². The summed E-state index contributed by atoms with van der Waals surface area (Å²) in [5.74, 6) is 0.577. The number of nitrogens with one attached hydrogen (secondary N) is 2. The molecule has 0 spiro atoms. The number of carbonyl (C=O) groups excluding carboxylic acids is 1.